The number of carboxylic acid groups (broad SMARTS) is 1. The molecule has 5 aliphatic heterocycles. The lowest BCUT2D eigenvalue weighted by molar-refractivity contribution is -0.322. The zero-order chi connectivity index (χ0) is 31.3. The molecule has 0 unspecified atom stereocenters. The first-order valence-electron chi connectivity index (χ1n) is 13.8. The zero-order valence-corrected chi connectivity index (χ0v) is 23.7. The van der Waals surface area contributed by atoms with Crippen molar-refractivity contribution < 1.29 is 63.2 Å². The van der Waals surface area contributed by atoms with Gasteiger partial charge < -0.3 is 59.3 Å². The number of rotatable bonds is 7. The number of hydrogen-bond donors (Lipinski definition) is 5. The van der Waals surface area contributed by atoms with Crippen LogP contribution in [-0.2, 0) is 19.1 Å². The van der Waals surface area contributed by atoms with Crippen molar-refractivity contribution in [2.75, 3.05) is 27.4 Å². The fourth-order valence-corrected chi connectivity index (χ4v) is 6.10. The number of ether oxygens (including phenoxy) is 7. The quantitative estimate of drug-likeness (QED) is 0.158. The number of nitrogens with two attached hydrogens (primary N) is 1. The number of hydrogen-bond acceptors (Lipinski definition) is 13. The van der Waals surface area contributed by atoms with E-state index in [0.29, 0.717) is 34.1 Å². The molecule has 2 aromatic rings. The highest BCUT2D eigenvalue weighted by Crippen LogP contribution is 2.56. The van der Waals surface area contributed by atoms with Gasteiger partial charge in [-0.3, -0.25) is 9.59 Å². The van der Waals surface area contributed by atoms with Crippen molar-refractivity contribution in [1.82, 2.24) is 0 Å². The molecule has 0 aliphatic carbocycles. The van der Waals surface area contributed by atoms with Crippen LogP contribution in [-0.4, -0.2) is 96.0 Å². The van der Waals surface area contributed by atoms with Crippen molar-refractivity contribution in [2.24, 2.45) is 5.73 Å². The van der Waals surface area contributed by atoms with Crippen LogP contribution in [0.4, 0.5) is 0 Å². The fraction of sp³-hybridized carbons (Fsp3) is 0.467. The van der Waals surface area contributed by atoms with Gasteiger partial charge >= 0.3 is 11.9 Å². The van der Waals surface area contributed by atoms with Crippen LogP contribution in [0, 0.1) is 11.8 Å². The minimum atomic E-state index is -2.27. The van der Waals surface area contributed by atoms with Gasteiger partial charge in [0.1, 0.15) is 54.0 Å². The number of benzene rings is 2. The van der Waals surface area contributed by atoms with E-state index in [0.717, 1.165) is 5.56 Å². The molecule has 44 heavy (non-hydrogen) atoms. The number of esters is 1. The van der Waals surface area contributed by atoms with Gasteiger partial charge in [0, 0.05) is 30.2 Å². The molecule has 6 N–H and O–H groups in total. The van der Waals surface area contributed by atoms with E-state index < -0.39 is 73.7 Å². The van der Waals surface area contributed by atoms with Gasteiger partial charge in [0.05, 0.1) is 32.3 Å². The number of aliphatic hydroxyl groups is 3. The predicted molar refractivity (Wildman–Crippen MR) is 147 cm³/mol. The van der Waals surface area contributed by atoms with Crippen molar-refractivity contribution in [3.63, 3.8) is 0 Å². The molecule has 7 rings (SSSR count). The van der Waals surface area contributed by atoms with Crippen LogP contribution < -0.4 is 29.4 Å². The number of fused-ring (bicyclic) bond motifs is 8. The second-order valence-electron chi connectivity index (χ2n) is 10.8. The van der Waals surface area contributed by atoms with Gasteiger partial charge in [-0.1, -0.05) is 17.9 Å². The summed E-state index contributed by atoms with van der Waals surface area (Å²) in [5, 5.41) is 42.4. The van der Waals surface area contributed by atoms with E-state index in [4.69, 9.17) is 44.0 Å². The van der Waals surface area contributed by atoms with E-state index in [-0.39, 0.29) is 18.3 Å². The van der Waals surface area contributed by atoms with Crippen LogP contribution in [0.1, 0.15) is 41.6 Å². The van der Waals surface area contributed by atoms with Crippen molar-refractivity contribution >= 4 is 11.9 Å². The Hall–Kier alpha value is -4.26. The lowest BCUT2D eigenvalue weighted by Gasteiger charge is -2.49. The Morgan fingerprint density at radius 2 is 1.93 bits per heavy atom. The first kappa shape index (κ1) is 29.8. The Balaban J connectivity index is 1.35. The van der Waals surface area contributed by atoms with Crippen LogP contribution in [0.25, 0.3) is 0 Å². The van der Waals surface area contributed by atoms with Gasteiger partial charge in [0.25, 0.3) is 0 Å². The molecule has 2 aromatic carbocycles. The Labute approximate surface area is 251 Å². The molecule has 0 amide bonds. The summed E-state index contributed by atoms with van der Waals surface area (Å²) >= 11 is 0. The third-order valence-electron chi connectivity index (χ3n) is 8.25. The van der Waals surface area contributed by atoms with Gasteiger partial charge in [-0.15, -0.1) is 0 Å². The summed E-state index contributed by atoms with van der Waals surface area (Å²) in [5.41, 5.74) is 5.48. The molecule has 0 radical (unpaired) electrons. The third-order valence-corrected chi connectivity index (χ3v) is 8.25. The highest BCUT2D eigenvalue weighted by Gasteiger charge is 2.58. The molecule has 0 saturated carbocycles. The Morgan fingerprint density at radius 1 is 1.14 bits per heavy atom. The molecular formula is C30H31NO13. The normalized spacial score (nSPS) is 29.9. The van der Waals surface area contributed by atoms with E-state index in [1.807, 2.05) is 6.07 Å². The van der Waals surface area contributed by atoms with Crippen molar-refractivity contribution in [3.05, 3.63) is 41.0 Å². The van der Waals surface area contributed by atoms with Crippen LogP contribution >= 0.6 is 0 Å². The maximum atomic E-state index is 12.1. The Bertz CT molecular complexity index is 1550. The summed E-state index contributed by atoms with van der Waals surface area (Å²) in [6.45, 7) is -0.123. The summed E-state index contributed by atoms with van der Waals surface area (Å²) in [6.07, 6.45) is -9.96. The molecular weight excluding hydrogens is 582 g/mol. The lowest BCUT2D eigenvalue weighted by atomic mass is 9.79. The first-order chi connectivity index (χ1) is 21.1. The first-order valence-corrected chi connectivity index (χ1v) is 13.8. The summed E-state index contributed by atoms with van der Waals surface area (Å²) in [5.74, 6) is 5.19. The molecule has 1 fully saturated rings. The summed E-state index contributed by atoms with van der Waals surface area (Å²) in [4.78, 5) is 23.1. The smallest absolute Gasteiger partial charge is 0.317 e. The van der Waals surface area contributed by atoms with E-state index in [1.54, 1.807) is 25.3 Å². The fourth-order valence-electron chi connectivity index (χ4n) is 6.10. The minimum absolute atomic E-state index is 0.152. The Morgan fingerprint density at radius 3 is 2.64 bits per heavy atom. The highest BCUT2D eigenvalue weighted by atomic mass is 16.7. The summed E-state index contributed by atoms with van der Waals surface area (Å²) < 4.78 is 40.6. The van der Waals surface area contributed by atoms with Gasteiger partial charge in [0.2, 0.25) is 12.0 Å². The number of aliphatic hydroxyl groups excluding tert-OH is 2. The van der Waals surface area contributed by atoms with E-state index in [2.05, 4.69) is 11.8 Å². The van der Waals surface area contributed by atoms with E-state index >= 15 is 0 Å². The SMILES string of the molecule is COc1ccc2c(c1OC)O[C@H]1c3cc4c(cc3OC[C@@H]21)O[C@@H]1O[C@H]([C@H](CN)OC(=O)CC(=O)O)[C@](O)(CC#C4)[C@H](O)[C@H]1O. The molecule has 14 heteroatoms. The average Bonchev–Trinajstić information content (AvgIpc) is 3.38. The summed E-state index contributed by atoms with van der Waals surface area (Å²) in [7, 11) is 3.07. The number of carboxylic acids is 1. The molecule has 234 valence electrons. The summed E-state index contributed by atoms with van der Waals surface area (Å²) in [6, 6.07) is 7.03. The molecule has 8 atom stereocenters. The largest absolute Gasteiger partial charge is 0.493 e. The van der Waals surface area contributed by atoms with Gasteiger partial charge in [-0.05, 0) is 12.1 Å². The van der Waals surface area contributed by atoms with Crippen molar-refractivity contribution in [2.45, 2.75) is 61.2 Å². The predicted octanol–water partition coefficient (Wildman–Crippen LogP) is -0.0295. The van der Waals surface area contributed by atoms with Gasteiger partial charge in [-0.25, -0.2) is 0 Å². The average molecular weight is 614 g/mol. The Kier molecular flexibility index (Phi) is 7.68. The minimum Gasteiger partial charge on any atom is -0.493 e. The zero-order valence-electron chi connectivity index (χ0n) is 23.7. The molecule has 2 bridgehead atoms. The molecule has 14 nitrogen and oxygen atoms in total. The van der Waals surface area contributed by atoms with Crippen molar-refractivity contribution in [1.29, 1.82) is 0 Å². The van der Waals surface area contributed by atoms with Gasteiger partial charge in [0.15, 0.2) is 11.5 Å². The highest BCUT2D eigenvalue weighted by molar-refractivity contribution is 5.90. The number of aliphatic carboxylic acids is 1. The van der Waals surface area contributed by atoms with Crippen molar-refractivity contribution in [3.8, 4) is 40.6 Å². The maximum Gasteiger partial charge on any atom is 0.317 e. The third kappa shape index (κ3) is 4.83. The molecule has 0 spiro atoms. The van der Waals surface area contributed by atoms with Gasteiger partial charge in [-0.2, -0.15) is 0 Å². The van der Waals surface area contributed by atoms with E-state index in [9.17, 15) is 24.9 Å². The number of carbonyl (C=O) groups is 2. The molecule has 5 heterocycles. The maximum absolute atomic E-state index is 12.1. The number of carbonyl (C=O) groups excluding carboxylic acids is 1. The monoisotopic (exact) mass is 613 g/mol. The van der Waals surface area contributed by atoms with Crippen LogP contribution in [0.2, 0.25) is 0 Å². The topological polar surface area (TPSA) is 206 Å². The second-order valence-corrected chi connectivity index (χ2v) is 10.8. The molecule has 1 saturated heterocycles. The van der Waals surface area contributed by atoms with Crippen LogP contribution in [0.5, 0.6) is 28.7 Å². The van der Waals surface area contributed by atoms with E-state index in [1.165, 1.54) is 7.11 Å². The standard InChI is InChI=1S/C30H31NO13/c1-38-17-6-5-14-16-12-40-19-9-18-13(8-15(19)24(16)43-25(14)26(17)39-2)4-3-7-30(37)27(36)23(35)29(42-18)44-28(30)20(11-31)41-22(34)10-21(32)33/h5-6,8-9,16,20,23-24,27-29,35-37H,7,10-12,31H2,1-2H3,(H,32,33)/t16-,20-,23+,24-,27+,28+,29+,30-/m0/s1. The van der Waals surface area contributed by atoms with Crippen LogP contribution in [0.15, 0.2) is 24.3 Å². The van der Waals surface area contributed by atoms with Crippen LogP contribution in [0.3, 0.4) is 0 Å². The second kappa shape index (κ2) is 11.3. The molecule has 5 aliphatic rings. The molecule has 0 aromatic heterocycles. The lowest BCUT2D eigenvalue weighted by Crippen LogP contribution is -2.70. The number of methoxy groups -OCH3 is 2.